The van der Waals surface area contributed by atoms with Gasteiger partial charge in [-0.1, -0.05) is 6.92 Å². The third kappa shape index (κ3) is 4.88. The topological polar surface area (TPSA) is 179 Å². The Labute approximate surface area is 195 Å². The molecule has 15 heteroatoms. The van der Waals surface area contributed by atoms with E-state index in [-0.39, 0.29) is 49.2 Å². The van der Waals surface area contributed by atoms with Gasteiger partial charge in [-0.2, -0.15) is 9.97 Å². The number of ether oxygens (including phenoxy) is 3. The number of phosphoric acid groups is 1. The molecule has 2 unspecified atom stereocenters. The summed E-state index contributed by atoms with van der Waals surface area (Å²) in [6, 6.07) is 0. The van der Waals surface area contributed by atoms with E-state index < -0.39 is 38.3 Å². The first-order valence-electron chi connectivity index (χ1n) is 10.8. The maximum Gasteiger partial charge on any atom is 0.475 e. The maximum atomic E-state index is 13.0. The average molecular weight is 501 g/mol. The van der Waals surface area contributed by atoms with Crippen LogP contribution in [0.3, 0.4) is 0 Å². The van der Waals surface area contributed by atoms with Gasteiger partial charge in [-0.15, -0.1) is 0 Å². The number of aliphatic hydroxyl groups excluding tert-OH is 1. The quantitative estimate of drug-likeness (QED) is 0.389. The van der Waals surface area contributed by atoms with Crippen molar-refractivity contribution in [2.45, 2.75) is 57.8 Å². The molecule has 2 saturated heterocycles. The first-order valence-corrected chi connectivity index (χ1v) is 12.2. The van der Waals surface area contributed by atoms with Gasteiger partial charge in [-0.3, -0.25) is 22.9 Å². The number of anilines is 1. The van der Waals surface area contributed by atoms with Crippen LogP contribution >= 0.6 is 7.82 Å². The SMILES string of the molecule is COc1nc(N)nc2c1ncn2[C@@H]1O[C@@H]2COP(=O)(OCC[C@@H](C)C(=O)OC(C)C)OC2[C@@H]1O. The van der Waals surface area contributed by atoms with Crippen molar-refractivity contribution in [2.24, 2.45) is 5.92 Å². The molecule has 188 valence electrons. The van der Waals surface area contributed by atoms with Crippen molar-refractivity contribution < 1.29 is 42.2 Å². The van der Waals surface area contributed by atoms with Gasteiger partial charge in [0.25, 0.3) is 0 Å². The van der Waals surface area contributed by atoms with E-state index in [1.54, 1.807) is 20.8 Å². The number of carbonyl (C=O) groups is 1. The summed E-state index contributed by atoms with van der Waals surface area (Å²) >= 11 is 0. The number of imidazole rings is 1. The minimum absolute atomic E-state index is 0.0417. The Bertz CT molecular complexity index is 1100. The standard InChI is InChI=1S/C19H28N5O9P/c1-9(2)31-18(26)10(3)5-6-29-34(27)30-7-11-14(33-34)13(25)17(32-11)24-8-21-12-15(24)22-19(20)23-16(12)28-4/h8-11,13-14,17,25H,5-7H2,1-4H3,(H2,20,22,23)/t10-,11-,13+,14?,17-,34?/m1/s1. The Morgan fingerprint density at radius 3 is 2.85 bits per heavy atom. The van der Waals surface area contributed by atoms with Crippen LogP contribution in [0.1, 0.15) is 33.4 Å². The summed E-state index contributed by atoms with van der Waals surface area (Å²) in [5.74, 6) is -0.703. The lowest BCUT2D eigenvalue weighted by Gasteiger charge is -2.30. The van der Waals surface area contributed by atoms with Crippen molar-refractivity contribution in [2.75, 3.05) is 26.1 Å². The summed E-state index contributed by atoms with van der Waals surface area (Å²) in [5, 5.41) is 10.9. The molecular formula is C19H28N5O9P. The number of aromatic nitrogens is 4. The van der Waals surface area contributed by atoms with Crippen molar-refractivity contribution in [1.29, 1.82) is 0 Å². The summed E-state index contributed by atoms with van der Waals surface area (Å²) in [4.78, 5) is 24.3. The molecule has 0 radical (unpaired) electrons. The van der Waals surface area contributed by atoms with Crippen LogP contribution in [0.2, 0.25) is 0 Å². The average Bonchev–Trinajstić information content (AvgIpc) is 3.33. The summed E-state index contributed by atoms with van der Waals surface area (Å²) in [6.45, 7) is 5.00. The number of esters is 1. The fourth-order valence-corrected chi connectivity index (χ4v) is 5.08. The van der Waals surface area contributed by atoms with Gasteiger partial charge in [0, 0.05) is 0 Å². The second-order valence-corrected chi connectivity index (χ2v) is 9.91. The third-order valence-electron chi connectivity index (χ3n) is 5.39. The molecule has 0 saturated carbocycles. The van der Waals surface area contributed by atoms with Gasteiger partial charge < -0.3 is 25.1 Å². The summed E-state index contributed by atoms with van der Waals surface area (Å²) in [6.07, 6.45) is -2.51. The number of nitrogens with zero attached hydrogens (tertiary/aromatic N) is 4. The molecule has 4 rings (SSSR count). The van der Waals surface area contributed by atoms with Crippen molar-refractivity contribution in [3.8, 4) is 5.88 Å². The number of hydrogen-bond acceptors (Lipinski definition) is 13. The zero-order chi connectivity index (χ0) is 24.6. The van der Waals surface area contributed by atoms with Crippen LogP contribution in [0.4, 0.5) is 5.95 Å². The number of rotatable bonds is 8. The second-order valence-electron chi connectivity index (χ2n) is 8.29. The van der Waals surface area contributed by atoms with Crippen LogP contribution in [0.15, 0.2) is 6.33 Å². The van der Waals surface area contributed by atoms with Crippen molar-refractivity contribution >= 4 is 30.9 Å². The number of nitrogen functional groups attached to an aromatic ring is 1. The Kier molecular flexibility index (Phi) is 7.08. The molecule has 2 fully saturated rings. The first-order chi connectivity index (χ1) is 16.1. The molecule has 0 bridgehead atoms. The monoisotopic (exact) mass is 501 g/mol. The highest BCUT2D eigenvalue weighted by atomic mass is 31.2. The van der Waals surface area contributed by atoms with Crippen LogP contribution in [0, 0.1) is 5.92 Å². The fourth-order valence-electron chi connectivity index (χ4n) is 3.67. The van der Waals surface area contributed by atoms with E-state index in [0.717, 1.165) is 0 Å². The molecular weight excluding hydrogens is 473 g/mol. The van der Waals surface area contributed by atoms with Gasteiger partial charge in [0.05, 0.1) is 38.7 Å². The van der Waals surface area contributed by atoms with Gasteiger partial charge in [0.15, 0.2) is 17.4 Å². The Balaban J connectivity index is 1.42. The van der Waals surface area contributed by atoms with E-state index in [0.29, 0.717) is 5.52 Å². The van der Waals surface area contributed by atoms with E-state index in [1.165, 1.54) is 18.0 Å². The van der Waals surface area contributed by atoms with Gasteiger partial charge in [0.1, 0.15) is 18.3 Å². The highest BCUT2D eigenvalue weighted by Gasteiger charge is 2.53. The largest absolute Gasteiger partial charge is 0.479 e. The van der Waals surface area contributed by atoms with Gasteiger partial charge in [0.2, 0.25) is 11.8 Å². The highest BCUT2D eigenvalue weighted by molar-refractivity contribution is 7.48. The first kappa shape index (κ1) is 24.8. The highest BCUT2D eigenvalue weighted by Crippen LogP contribution is 2.56. The zero-order valence-corrected chi connectivity index (χ0v) is 20.1. The van der Waals surface area contributed by atoms with Crippen molar-refractivity contribution in [3.05, 3.63) is 6.33 Å². The Morgan fingerprint density at radius 1 is 1.38 bits per heavy atom. The normalized spacial score (nSPS) is 29.8. The molecule has 2 aliphatic heterocycles. The molecule has 3 N–H and O–H groups in total. The number of hydrogen-bond donors (Lipinski definition) is 2. The molecule has 0 amide bonds. The van der Waals surface area contributed by atoms with Gasteiger partial charge >= 0.3 is 13.8 Å². The van der Waals surface area contributed by atoms with E-state index in [1.807, 2.05) is 0 Å². The molecule has 2 aliphatic rings. The lowest BCUT2D eigenvalue weighted by Crippen LogP contribution is -2.39. The van der Waals surface area contributed by atoms with Crippen LogP contribution in [-0.2, 0) is 32.4 Å². The number of carbonyl (C=O) groups excluding carboxylic acids is 1. The molecule has 4 heterocycles. The Morgan fingerprint density at radius 2 is 2.15 bits per heavy atom. The maximum absolute atomic E-state index is 13.0. The molecule has 34 heavy (non-hydrogen) atoms. The smallest absolute Gasteiger partial charge is 0.475 e. The van der Waals surface area contributed by atoms with E-state index in [4.69, 9.17) is 33.5 Å². The number of fused-ring (bicyclic) bond motifs is 2. The molecule has 6 atom stereocenters. The van der Waals surface area contributed by atoms with Crippen LogP contribution in [-0.4, -0.2) is 75.3 Å². The van der Waals surface area contributed by atoms with Crippen LogP contribution < -0.4 is 10.5 Å². The van der Waals surface area contributed by atoms with Crippen LogP contribution in [0.25, 0.3) is 11.2 Å². The fraction of sp³-hybridized carbons (Fsp3) is 0.684. The van der Waals surface area contributed by atoms with Gasteiger partial charge in [-0.05, 0) is 20.3 Å². The Hall–Kier alpha value is -2.35. The number of aliphatic hydroxyl groups is 1. The van der Waals surface area contributed by atoms with Crippen molar-refractivity contribution in [1.82, 2.24) is 19.5 Å². The lowest BCUT2D eigenvalue weighted by molar-refractivity contribution is -0.152. The van der Waals surface area contributed by atoms with E-state index in [9.17, 15) is 14.5 Å². The molecule has 2 aromatic rings. The summed E-state index contributed by atoms with van der Waals surface area (Å²) < 4.78 is 46.8. The molecule has 0 aliphatic carbocycles. The third-order valence-corrected chi connectivity index (χ3v) is 6.85. The predicted molar refractivity (Wildman–Crippen MR) is 116 cm³/mol. The predicted octanol–water partition coefficient (Wildman–Crippen LogP) is 1.19. The molecule has 2 aromatic heterocycles. The summed E-state index contributed by atoms with van der Waals surface area (Å²) in [7, 11) is -2.57. The van der Waals surface area contributed by atoms with E-state index >= 15 is 0 Å². The molecule has 14 nitrogen and oxygen atoms in total. The number of methoxy groups -OCH3 is 1. The minimum atomic E-state index is -3.99. The lowest BCUT2D eigenvalue weighted by atomic mass is 10.1. The molecule has 0 spiro atoms. The van der Waals surface area contributed by atoms with Crippen molar-refractivity contribution in [3.63, 3.8) is 0 Å². The second kappa shape index (κ2) is 9.72. The summed E-state index contributed by atoms with van der Waals surface area (Å²) in [5.41, 5.74) is 6.37. The zero-order valence-electron chi connectivity index (χ0n) is 19.2. The molecule has 0 aromatic carbocycles. The number of phosphoric ester groups is 1. The van der Waals surface area contributed by atoms with Crippen LogP contribution in [0.5, 0.6) is 5.88 Å². The minimum Gasteiger partial charge on any atom is -0.479 e. The number of nitrogens with two attached hydrogens (primary N) is 1. The van der Waals surface area contributed by atoms with Gasteiger partial charge in [-0.25, -0.2) is 9.55 Å². The van der Waals surface area contributed by atoms with E-state index in [2.05, 4.69) is 15.0 Å².